The summed E-state index contributed by atoms with van der Waals surface area (Å²) >= 11 is 0. The van der Waals surface area contributed by atoms with Crippen LogP contribution in [0.2, 0.25) is 0 Å². The zero-order valence-corrected chi connectivity index (χ0v) is 16.4. The minimum atomic E-state index is -3.35. The standard InChI is InChI=1S/C19H24N2O5S/c1-13(2)15-11-21(12-16(15)20-27(3,23)24)19(22)17-9-10-18(26-17)25-14-7-5-4-6-8-14/h4-10,13,15-16,20H,11-12H2,1-3H3/t15-,16+/m0/s1. The lowest BCUT2D eigenvalue weighted by molar-refractivity contribution is 0.0746. The molecule has 27 heavy (non-hydrogen) atoms. The normalized spacial score (nSPS) is 20.2. The van der Waals surface area contributed by atoms with Gasteiger partial charge in [0.05, 0.1) is 6.26 Å². The molecule has 1 fully saturated rings. The number of hydrogen-bond acceptors (Lipinski definition) is 5. The van der Waals surface area contributed by atoms with Crippen LogP contribution in [-0.4, -0.2) is 44.6 Å². The van der Waals surface area contributed by atoms with E-state index in [9.17, 15) is 13.2 Å². The number of benzene rings is 1. The number of para-hydroxylation sites is 1. The van der Waals surface area contributed by atoms with Crippen molar-refractivity contribution < 1.29 is 22.4 Å². The molecule has 2 heterocycles. The highest BCUT2D eigenvalue weighted by Crippen LogP contribution is 2.28. The molecule has 2 aromatic rings. The molecule has 0 unspecified atom stereocenters. The highest BCUT2D eigenvalue weighted by atomic mass is 32.2. The molecule has 7 nitrogen and oxygen atoms in total. The smallest absolute Gasteiger partial charge is 0.290 e. The molecule has 3 rings (SSSR count). The first-order valence-electron chi connectivity index (χ1n) is 8.82. The van der Waals surface area contributed by atoms with Crippen LogP contribution in [0.4, 0.5) is 0 Å². The Kier molecular flexibility index (Phi) is 5.57. The summed E-state index contributed by atoms with van der Waals surface area (Å²) < 4.78 is 37.0. The van der Waals surface area contributed by atoms with E-state index in [1.807, 2.05) is 32.0 Å². The number of ether oxygens (including phenoxy) is 1. The van der Waals surface area contributed by atoms with E-state index in [2.05, 4.69) is 4.72 Å². The number of rotatable bonds is 6. The zero-order valence-electron chi connectivity index (χ0n) is 15.6. The van der Waals surface area contributed by atoms with Crippen LogP contribution in [0, 0.1) is 11.8 Å². The lowest BCUT2D eigenvalue weighted by atomic mass is 9.92. The summed E-state index contributed by atoms with van der Waals surface area (Å²) in [5.41, 5.74) is 0. The summed E-state index contributed by atoms with van der Waals surface area (Å²) in [5, 5.41) is 0. The number of likely N-dealkylation sites (tertiary alicyclic amines) is 1. The van der Waals surface area contributed by atoms with Crippen molar-refractivity contribution in [2.24, 2.45) is 11.8 Å². The van der Waals surface area contributed by atoms with Gasteiger partial charge in [0.15, 0.2) is 5.76 Å². The minimum Gasteiger partial charge on any atom is -0.426 e. The van der Waals surface area contributed by atoms with E-state index in [1.54, 1.807) is 29.2 Å². The van der Waals surface area contributed by atoms with Crippen molar-refractivity contribution in [3.8, 4) is 11.7 Å². The highest BCUT2D eigenvalue weighted by molar-refractivity contribution is 7.88. The Bertz CT molecular complexity index is 892. The van der Waals surface area contributed by atoms with E-state index in [0.29, 0.717) is 18.8 Å². The van der Waals surface area contributed by atoms with E-state index < -0.39 is 10.0 Å². The number of amides is 1. The van der Waals surface area contributed by atoms with Crippen molar-refractivity contribution in [1.82, 2.24) is 9.62 Å². The Morgan fingerprint density at radius 1 is 1.19 bits per heavy atom. The Balaban J connectivity index is 1.70. The fourth-order valence-corrected chi connectivity index (χ4v) is 4.12. The summed E-state index contributed by atoms with van der Waals surface area (Å²) in [7, 11) is -3.35. The van der Waals surface area contributed by atoms with Crippen LogP contribution in [0.5, 0.6) is 11.7 Å². The molecule has 1 amide bonds. The topological polar surface area (TPSA) is 88.8 Å². The van der Waals surface area contributed by atoms with Gasteiger partial charge < -0.3 is 14.1 Å². The third-order valence-electron chi connectivity index (χ3n) is 4.63. The maximum atomic E-state index is 12.8. The molecular weight excluding hydrogens is 368 g/mol. The second-order valence-corrected chi connectivity index (χ2v) is 8.93. The average molecular weight is 392 g/mol. The number of carbonyl (C=O) groups excluding carboxylic acids is 1. The van der Waals surface area contributed by atoms with Crippen LogP contribution >= 0.6 is 0 Å². The van der Waals surface area contributed by atoms with E-state index in [-0.39, 0.29) is 35.5 Å². The maximum absolute atomic E-state index is 12.8. The lowest BCUT2D eigenvalue weighted by Crippen LogP contribution is -2.41. The SMILES string of the molecule is CC(C)[C@@H]1CN(C(=O)c2ccc(Oc3ccccc3)o2)C[C@H]1NS(C)(=O)=O. The van der Waals surface area contributed by atoms with E-state index >= 15 is 0 Å². The third-order valence-corrected chi connectivity index (χ3v) is 5.36. The molecule has 1 aromatic heterocycles. The van der Waals surface area contributed by atoms with Gasteiger partial charge in [0.2, 0.25) is 10.0 Å². The molecule has 0 spiro atoms. The molecular formula is C19H24N2O5S. The van der Waals surface area contributed by atoms with Gasteiger partial charge in [0, 0.05) is 25.2 Å². The van der Waals surface area contributed by atoms with Crippen LogP contribution in [-0.2, 0) is 10.0 Å². The number of sulfonamides is 1. The molecule has 146 valence electrons. The van der Waals surface area contributed by atoms with Crippen LogP contribution in [0.25, 0.3) is 0 Å². The molecule has 1 aromatic carbocycles. The largest absolute Gasteiger partial charge is 0.426 e. The summed E-state index contributed by atoms with van der Waals surface area (Å²) in [6.45, 7) is 4.83. The van der Waals surface area contributed by atoms with Gasteiger partial charge in [-0.15, -0.1) is 0 Å². The van der Waals surface area contributed by atoms with Crippen LogP contribution in [0.1, 0.15) is 24.4 Å². The second kappa shape index (κ2) is 7.74. The number of nitrogens with zero attached hydrogens (tertiary/aromatic N) is 1. The Hall–Kier alpha value is -2.32. The molecule has 1 saturated heterocycles. The molecule has 1 aliphatic heterocycles. The van der Waals surface area contributed by atoms with E-state index in [4.69, 9.17) is 9.15 Å². The summed E-state index contributed by atoms with van der Waals surface area (Å²) in [5.74, 6) is 1.01. The molecule has 0 saturated carbocycles. The van der Waals surface area contributed by atoms with E-state index in [1.165, 1.54) is 0 Å². The Morgan fingerprint density at radius 2 is 1.89 bits per heavy atom. The van der Waals surface area contributed by atoms with Crippen LogP contribution in [0.15, 0.2) is 46.9 Å². The molecule has 0 aliphatic carbocycles. The van der Waals surface area contributed by atoms with Crippen LogP contribution in [0.3, 0.4) is 0 Å². The number of hydrogen-bond donors (Lipinski definition) is 1. The predicted octanol–water partition coefficient (Wildman–Crippen LogP) is 2.72. The quantitative estimate of drug-likeness (QED) is 0.816. The van der Waals surface area contributed by atoms with Crippen molar-refractivity contribution in [3.63, 3.8) is 0 Å². The van der Waals surface area contributed by atoms with Crippen molar-refractivity contribution in [2.45, 2.75) is 19.9 Å². The molecule has 0 bridgehead atoms. The summed E-state index contributed by atoms with van der Waals surface area (Å²) in [6, 6.07) is 12.0. The van der Waals surface area contributed by atoms with Gasteiger partial charge in [-0.05, 0) is 30.0 Å². The first-order chi connectivity index (χ1) is 12.7. The molecule has 1 N–H and O–H groups in total. The zero-order chi connectivity index (χ0) is 19.6. The van der Waals surface area contributed by atoms with E-state index in [0.717, 1.165) is 6.26 Å². The highest BCUT2D eigenvalue weighted by Gasteiger charge is 2.39. The summed E-state index contributed by atoms with van der Waals surface area (Å²) in [6.07, 6.45) is 1.13. The van der Waals surface area contributed by atoms with Gasteiger partial charge >= 0.3 is 0 Å². The Morgan fingerprint density at radius 3 is 2.52 bits per heavy atom. The second-order valence-electron chi connectivity index (χ2n) is 7.15. The number of furan rings is 1. The molecule has 8 heteroatoms. The number of carbonyl (C=O) groups is 1. The molecule has 0 radical (unpaired) electrons. The van der Waals surface area contributed by atoms with Crippen molar-refractivity contribution >= 4 is 15.9 Å². The van der Waals surface area contributed by atoms with Gasteiger partial charge in [-0.1, -0.05) is 32.0 Å². The van der Waals surface area contributed by atoms with Gasteiger partial charge in [-0.3, -0.25) is 4.79 Å². The third kappa shape index (κ3) is 4.90. The van der Waals surface area contributed by atoms with Crippen molar-refractivity contribution in [1.29, 1.82) is 0 Å². The van der Waals surface area contributed by atoms with Gasteiger partial charge in [0.1, 0.15) is 5.75 Å². The fraction of sp³-hybridized carbons (Fsp3) is 0.421. The van der Waals surface area contributed by atoms with Crippen molar-refractivity contribution in [2.75, 3.05) is 19.3 Å². The molecule has 2 atom stereocenters. The van der Waals surface area contributed by atoms with Crippen molar-refractivity contribution in [3.05, 3.63) is 48.2 Å². The van der Waals surface area contributed by atoms with Gasteiger partial charge in [-0.2, -0.15) is 0 Å². The summed E-state index contributed by atoms with van der Waals surface area (Å²) in [4.78, 5) is 14.4. The van der Waals surface area contributed by atoms with Crippen LogP contribution < -0.4 is 9.46 Å². The fourth-order valence-electron chi connectivity index (χ4n) is 3.32. The average Bonchev–Trinajstić information content (AvgIpc) is 3.21. The van der Waals surface area contributed by atoms with Gasteiger partial charge in [-0.25, -0.2) is 13.1 Å². The lowest BCUT2D eigenvalue weighted by Gasteiger charge is -2.21. The first-order valence-corrected chi connectivity index (χ1v) is 10.7. The minimum absolute atomic E-state index is 0.0404. The monoisotopic (exact) mass is 392 g/mol. The predicted molar refractivity (Wildman–Crippen MR) is 101 cm³/mol. The Labute approximate surface area is 159 Å². The number of nitrogens with one attached hydrogen (secondary N) is 1. The van der Waals surface area contributed by atoms with Gasteiger partial charge in [0.25, 0.3) is 11.9 Å². The maximum Gasteiger partial charge on any atom is 0.290 e. The molecule has 1 aliphatic rings. The first kappa shape index (κ1) is 19.4.